The van der Waals surface area contributed by atoms with Crippen LogP contribution in [0.15, 0.2) is 18.2 Å². The van der Waals surface area contributed by atoms with Crippen LogP contribution in [0, 0.1) is 11.3 Å². The third-order valence-corrected chi connectivity index (χ3v) is 2.16. The minimum atomic E-state index is 0.469. The summed E-state index contributed by atoms with van der Waals surface area (Å²) in [5, 5.41) is 8.81. The molecule has 0 aromatic heterocycles. The average Bonchev–Trinajstić information content (AvgIpc) is 2.38. The van der Waals surface area contributed by atoms with Crippen LogP contribution in [-0.2, 0) is 16.1 Å². The fourth-order valence-corrected chi connectivity index (χ4v) is 1.31. The molecule has 0 spiro atoms. The first-order chi connectivity index (χ1) is 8.31. The molecule has 1 rings (SSSR count). The van der Waals surface area contributed by atoms with Gasteiger partial charge in [-0.15, -0.1) is 0 Å². The second-order valence-electron chi connectivity index (χ2n) is 3.30. The maximum atomic E-state index is 8.81. The zero-order valence-electron chi connectivity index (χ0n) is 10.0. The van der Waals surface area contributed by atoms with Gasteiger partial charge in [-0.25, -0.2) is 0 Å². The highest BCUT2D eigenvalue weighted by molar-refractivity contribution is 5.41. The summed E-state index contributed by atoms with van der Waals surface area (Å²) in [6.07, 6.45) is 0. The van der Waals surface area contributed by atoms with E-state index in [0.717, 1.165) is 11.3 Å². The Labute approximate surface area is 101 Å². The fourth-order valence-electron chi connectivity index (χ4n) is 1.31. The Kier molecular flexibility index (Phi) is 6.04. The minimum absolute atomic E-state index is 0.469. The van der Waals surface area contributed by atoms with Crippen LogP contribution in [0.2, 0.25) is 0 Å². The van der Waals surface area contributed by atoms with Crippen molar-refractivity contribution in [3.05, 3.63) is 29.3 Å². The molecule has 5 heteroatoms. The maximum absolute atomic E-state index is 8.81. The van der Waals surface area contributed by atoms with Gasteiger partial charge in [0.2, 0.25) is 0 Å². The first-order valence-corrected chi connectivity index (χ1v) is 5.22. The van der Waals surface area contributed by atoms with E-state index in [9.17, 15) is 0 Å². The summed E-state index contributed by atoms with van der Waals surface area (Å²) < 4.78 is 10.0. The Morgan fingerprint density at radius 2 is 2.12 bits per heavy atom. The number of methoxy groups -OCH3 is 2. The van der Waals surface area contributed by atoms with Crippen LogP contribution in [0.5, 0.6) is 5.75 Å². The molecule has 0 unspecified atom stereocenters. The minimum Gasteiger partial charge on any atom is -0.496 e. The summed E-state index contributed by atoms with van der Waals surface area (Å²) in [7, 11) is 3.21. The average molecular weight is 236 g/mol. The lowest BCUT2D eigenvalue weighted by Crippen LogP contribution is -2.17. The van der Waals surface area contributed by atoms with E-state index in [1.165, 1.54) is 0 Å². The molecule has 0 aliphatic rings. The molecular formula is C12H16N2O3. The monoisotopic (exact) mass is 236 g/mol. The van der Waals surface area contributed by atoms with Crippen molar-refractivity contribution < 1.29 is 14.3 Å². The summed E-state index contributed by atoms with van der Waals surface area (Å²) in [5.41, 5.74) is 4.27. The number of nitrogens with zero attached hydrogens (tertiary/aromatic N) is 1. The van der Waals surface area contributed by atoms with Crippen molar-refractivity contribution in [2.45, 2.75) is 6.54 Å². The summed E-state index contributed by atoms with van der Waals surface area (Å²) in [4.78, 5) is 5.14. The molecule has 0 aliphatic heterocycles. The molecule has 0 saturated carbocycles. The zero-order valence-corrected chi connectivity index (χ0v) is 10.0. The zero-order chi connectivity index (χ0) is 12.5. The maximum Gasteiger partial charge on any atom is 0.123 e. The third-order valence-electron chi connectivity index (χ3n) is 2.16. The van der Waals surface area contributed by atoms with Crippen molar-refractivity contribution in [3.8, 4) is 11.8 Å². The van der Waals surface area contributed by atoms with Crippen molar-refractivity contribution in [1.29, 1.82) is 5.26 Å². The van der Waals surface area contributed by atoms with Crippen LogP contribution in [-0.4, -0.2) is 27.4 Å². The number of ether oxygens (including phenoxy) is 2. The molecule has 0 saturated heterocycles. The Morgan fingerprint density at radius 1 is 1.29 bits per heavy atom. The van der Waals surface area contributed by atoms with Gasteiger partial charge < -0.3 is 9.47 Å². The number of hydrogen-bond donors (Lipinski definition) is 1. The van der Waals surface area contributed by atoms with Crippen LogP contribution < -0.4 is 10.2 Å². The predicted octanol–water partition coefficient (Wildman–Crippen LogP) is 1.23. The molecule has 0 bridgehead atoms. The van der Waals surface area contributed by atoms with Gasteiger partial charge >= 0.3 is 0 Å². The Balaban J connectivity index is 2.53. The molecule has 1 N–H and O–H groups in total. The van der Waals surface area contributed by atoms with Crippen LogP contribution >= 0.6 is 0 Å². The van der Waals surface area contributed by atoms with Crippen LogP contribution in [0.3, 0.4) is 0 Å². The summed E-state index contributed by atoms with van der Waals surface area (Å²) >= 11 is 0. The van der Waals surface area contributed by atoms with E-state index in [2.05, 4.69) is 11.5 Å². The molecule has 1 aromatic rings. The first-order valence-electron chi connectivity index (χ1n) is 5.22. The second kappa shape index (κ2) is 7.63. The molecule has 0 atom stereocenters. The van der Waals surface area contributed by atoms with Crippen molar-refractivity contribution in [1.82, 2.24) is 5.48 Å². The smallest absolute Gasteiger partial charge is 0.123 e. The molecule has 5 nitrogen and oxygen atoms in total. The quantitative estimate of drug-likeness (QED) is 0.570. The van der Waals surface area contributed by atoms with Crippen molar-refractivity contribution >= 4 is 0 Å². The summed E-state index contributed by atoms with van der Waals surface area (Å²) in [5.74, 6) is 0.729. The second-order valence-corrected chi connectivity index (χ2v) is 3.30. The van der Waals surface area contributed by atoms with E-state index in [1.807, 2.05) is 0 Å². The number of benzene rings is 1. The molecule has 0 aliphatic carbocycles. The number of hydroxylamine groups is 1. The third kappa shape index (κ3) is 4.41. The topological polar surface area (TPSA) is 63.5 Å². The summed E-state index contributed by atoms with van der Waals surface area (Å²) in [6, 6.07) is 7.34. The first kappa shape index (κ1) is 13.5. The van der Waals surface area contributed by atoms with E-state index in [0.29, 0.717) is 25.3 Å². The van der Waals surface area contributed by atoms with Crippen LogP contribution in [0.25, 0.3) is 0 Å². The van der Waals surface area contributed by atoms with E-state index < -0.39 is 0 Å². The van der Waals surface area contributed by atoms with Gasteiger partial charge in [0.15, 0.2) is 0 Å². The lowest BCUT2D eigenvalue weighted by Gasteiger charge is -2.10. The van der Waals surface area contributed by atoms with Gasteiger partial charge in [-0.3, -0.25) is 4.84 Å². The van der Waals surface area contributed by atoms with E-state index in [-0.39, 0.29) is 0 Å². The SMILES string of the molecule is COCCONCc1cc(C#N)ccc1OC. The van der Waals surface area contributed by atoms with E-state index in [4.69, 9.17) is 19.6 Å². The van der Waals surface area contributed by atoms with Gasteiger partial charge in [0.05, 0.1) is 32.0 Å². The molecule has 0 heterocycles. The van der Waals surface area contributed by atoms with Gasteiger partial charge in [-0.05, 0) is 18.2 Å². The van der Waals surface area contributed by atoms with Crippen molar-refractivity contribution in [2.24, 2.45) is 0 Å². The normalized spacial score (nSPS) is 9.94. The molecule has 17 heavy (non-hydrogen) atoms. The number of nitriles is 1. The standard InChI is InChI=1S/C12H16N2O3/c1-15-5-6-17-14-9-11-7-10(8-13)3-4-12(11)16-2/h3-4,7,14H,5-6,9H2,1-2H3. The molecule has 0 radical (unpaired) electrons. The molecule has 0 amide bonds. The summed E-state index contributed by atoms with van der Waals surface area (Å²) in [6.45, 7) is 1.47. The van der Waals surface area contributed by atoms with Crippen LogP contribution in [0.1, 0.15) is 11.1 Å². The van der Waals surface area contributed by atoms with E-state index >= 15 is 0 Å². The van der Waals surface area contributed by atoms with Crippen LogP contribution in [0.4, 0.5) is 0 Å². The van der Waals surface area contributed by atoms with Gasteiger partial charge in [0.25, 0.3) is 0 Å². The Hall–Kier alpha value is -1.61. The highest BCUT2D eigenvalue weighted by Gasteiger charge is 2.04. The fraction of sp³-hybridized carbons (Fsp3) is 0.417. The van der Waals surface area contributed by atoms with Gasteiger partial charge in [-0.1, -0.05) is 0 Å². The Bertz CT molecular complexity index is 388. The van der Waals surface area contributed by atoms with Gasteiger partial charge in [0, 0.05) is 19.2 Å². The van der Waals surface area contributed by atoms with Crippen molar-refractivity contribution in [3.63, 3.8) is 0 Å². The van der Waals surface area contributed by atoms with Gasteiger partial charge in [-0.2, -0.15) is 10.7 Å². The largest absolute Gasteiger partial charge is 0.496 e. The number of nitrogens with one attached hydrogen (secondary N) is 1. The number of rotatable bonds is 7. The number of hydrogen-bond acceptors (Lipinski definition) is 5. The Morgan fingerprint density at radius 3 is 2.76 bits per heavy atom. The lowest BCUT2D eigenvalue weighted by molar-refractivity contribution is 0.00322. The molecular weight excluding hydrogens is 220 g/mol. The van der Waals surface area contributed by atoms with Gasteiger partial charge in [0.1, 0.15) is 5.75 Å². The molecule has 92 valence electrons. The highest BCUT2D eigenvalue weighted by Crippen LogP contribution is 2.19. The lowest BCUT2D eigenvalue weighted by atomic mass is 10.1. The predicted molar refractivity (Wildman–Crippen MR) is 62.4 cm³/mol. The highest BCUT2D eigenvalue weighted by atomic mass is 16.7. The molecule has 1 aromatic carbocycles. The molecule has 0 fully saturated rings. The van der Waals surface area contributed by atoms with E-state index in [1.54, 1.807) is 32.4 Å². The van der Waals surface area contributed by atoms with Crippen molar-refractivity contribution in [2.75, 3.05) is 27.4 Å².